The third kappa shape index (κ3) is 2.35. The number of nitrogens with zero attached hydrogens (tertiary/aromatic N) is 1. The van der Waals surface area contributed by atoms with Crippen molar-refractivity contribution in [3.8, 4) is 5.69 Å². The molecule has 0 bridgehead atoms. The van der Waals surface area contributed by atoms with Crippen molar-refractivity contribution in [2.24, 2.45) is 0 Å². The molecule has 0 aliphatic carbocycles. The topological polar surface area (TPSA) is 3.88 Å². The van der Waals surface area contributed by atoms with Crippen LogP contribution in [0.15, 0.2) is 54.6 Å². The summed E-state index contributed by atoms with van der Waals surface area (Å²) in [5.41, 5.74) is 3.41. The Labute approximate surface area is 120 Å². The average molecular weight is 410 g/mol. The molecule has 0 unspecified atom stereocenters. The minimum absolute atomic E-state index is 0. The van der Waals surface area contributed by atoms with E-state index >= 15 is 0 Å². The van der Waals surface area contributed by atoms with E-state index in [1.165, 1.54) is 10.9 Å². The predicted molar refractivity (Wildman–Crippen MR) is 67.9 cm³/mol. The van der Waals surface area contributed by atoms with Gasteiger partial charge in [-0.25, -0.2) is 0 Å². The zero-order valence-corrected chi connectivity index (χ0v) is 12.4. The summed E-state index contributed by atoms with van der Waals surface area (Å²) in [7, 11) is 0. The van der Waals surface area contributed by atoms with Crippen molar-refractivity contribution in [3.05, 3.63) is 72.4 Å². The second-order valence-corrected chi connectivity index (χ2v) is 4.11. The number of aromatic nitrogens is 1. The van der Waals surface area contributed by atoms with E-state index in [1.807, 2.05) is 28.8 Å². The molecule has 18 heavy (non-hydrogen) atoms. The molecule has 91 valence electrons. The van der Waals surface area contributed by atoms with Crippen LogP contribution < -0.4 is 4.57 Å². The van der Waals surface area contributed by atoms with Crippen molar-refractivity contribution < 1.29 is 24.7 Å². The summed E-state index contributed by atoms with van der Waals surface area (Å²) in [5, 5.41) is 1.21. The second kappa shape index (κ2) is 5.43. The van der Waals surface area contributed by atoms with E-state index < -0.39 is 0 Å². The van der Waals surface area contributed by atoms with Crippen LogP contribution in [0.5, 0.6) is 0 Å². The molecule has 1 aromatic heterocycles. The molecule has 0 N–H and O–H groups in total. The van der Waals surface area contributed by atoms with Gasteiger partial charge in [-0.1, -0.05) is 31.2 Å². The fourth-order valence-corrected chi connectivity index (χ4v) is 2.00. The van der Waals surface area contributed by atoms with Crippen LogP contribution in [0, 0.1) is 19.2 Å². The zero-order valence-electron chi connectivity index (χ0n) is 9.98. The van der Waals surface area contributed by atoms with Gasteiger partial charge in [0.15, 0.2) is 6.20 Å². The van der Waals surface area contributed by atoms with Crippen LogP contribution in [0.25, 0.3) is 16.6 Å². The van der Waals surface area contributed by atoms with Gasteiger partial charge in [0.1, 0.15) is 5.52 Å². The first kappa shape index (κ1) is 12.9. The molecular formula is C16H12IrN-. The van der Waals surface area contributed by atoms with Crippen molar-refractivity contribution in [1.82, 2.24) is 0 Å². The standard InChI is InChI=1S/C16H12N.Ir/c1-13-6-4-9-15(12-13)17-11-5-8-14-7-2-3-10-16(14)17;/h2-8,10,12H,1H3;/q-1;. The molecule has 0 atom stereocenters. The van der Waals surface area contributed by atoms with Gasteiger partial charge in [-0.15, -0.1) is 12.1 Å². The number of rotatable bonds is 1. The van der Waals surface area contributed by atoms with Crippen molar-refractivity contribution >= 4 is 10.9 Å². The van der Waals surface area contributed by atoms with Gasteiger partial charge in [0, 0.05) is 25.8 Å². The summed E-state index contributed by atoms with van der Waals surface area (Å²) in [6.45, 7) is 2.09. The third-order valence-corrected chi connectivity index (χ3v) is 2.83. The first-order chi connectivity index (χ1) is 8.34. The van der Waals surface area contributed by atoms with E-state index in [-0.39, 0.29) is 20.1 Å². The van der Waals surface area contributed by atoms with Crippen LogP contribution in [0.2, 0.25) is 0 Å². The molecule has 1 heterocycles. The molecule has 3 rings (SSSR count). The van der Waals surface area contributed by atoms with Crippen LogP contribution >= 0.6 is 0 Å². The maximum Gasteiger partial charge on any atom is 0.150 e. The van der Waals surface area contributed by atoms with E-state index in [0.717, 1.165) is 11.2 Å². The Morgan fingerprint density at radius 2 is 1.83 bits per heavy atom. The smallest absolute Gasteiger partial charge is 0.150 e. The first-order valence-electron chi connectivity index (χ1n) is 5.65. The minimum atomic E-state index is 0. The Balaban J connectivity index is 0.00000120. The summed E-state index contributed by atoms with van der Waals surface area (Å²) in [6.07, 6.45) is 3.24. The fraction of sp³-hybridized carbons (Fsp3) is 0.0625. The number of benzene rings is 2. The molecule has 0 saturated heterocycles. The molecule has 0 spiro atoms. The van der Waals surface area contributed by atoms with Gasteiger partial charge in [-0.3, -0.25) is 0 Å². The van der Waals surface area contributed by atoms with Gasteiger partial charge in [0.2, 0.25) is 0 Å². The quantitative estimate of drug-likeness (QED) is 0.429. The SMILES string of the molecule is Cc1cc[c-]c(-[n+]2[c-]ccc3ccccc32)c1.[Ir]. The average Bonchev–Trinajstić information content (AvgIpc) is 2.38. The number of hydrogen-bond acceptors (Lipinski definition) is 0. The Kier molecular flexibility index (Phi) is 3.90. The number of aryl methyl sites for hydroxylation is 1. The normalized spacial score (nSPS) is 10.1. The van der Waals surface area contributed by atoms with E-state index in [0.29, 0.717) is 0 Å². The molecule has 0 aliphatic rings. The van der Waals surface area contributed by atoms with Gasteiger partial charge in [0.05, 0.1) is 0 Å². The summed E-state index contributed by atoms with van der Waals surface area (Å²) in [4.78, 5) is 0. The van der Waals surface area contributed by atoms with Gasteiger partial charge < -0.3 is 4.57 Å². The summed E-state index contributed by atoms with van der Waals surface area (Å²) < 4.78 is 2.04. The second-order valence-electron chi connectivity index (χ2n) is 4.11. The summed E-state index contributed by atoms with van der Waals surface area (Å²) in [6, 6.07) is 21.7. The van der Waals surface area contributed by atoms with Crippen LogP contribution in [-0.4, -0.2) is 0 Å². The molecule has 0 amide bonds. The summed E-state index contributed by atoms with van der Waals surface area (Å²) >= 11 is 0. The Morgan fingerprint density at radius 1 is 1.00 bits per heavy atom. The number of fused-ring (bicyclic) bond motifs is 1. The van der Waals surface area contributed by atoms with Crippen LogP contribution in [0.4, 0.5) is 0 Å². The van der Waals surface area contributed by atoms with Crippen molar-refractivity contribution in [1.29, 1.82) is 0 Å². The Hall–Kier alpha value is -1.50. The van der Waals surface area contributed by atoms with Crippen molar-refractivity contribution in [2.45, 2.75) is 6.92 Å². The van der Waals surface area contributed by atoms with E-state index in [1.54, 1.807) is 0 Å². The van der Waals surface area contributed by atoms with Gasteiger partial charge in [-0.2, -0.15) is 23.8 Å². The first-order valence-corrected chi connectivity index (χ1v) is 5.65. The number of pyridine rings is 1. The Morgan fingerprint density at radius 3 is 2.67 bits per heavy atom. The van der Waals surface area contributed by atoms with Crippen LogP contribution in [0.3, 0.4) is 0 Å². The maximum atomic E-state index is 3.25. The van der Waals surface area contributed by atoms with Crippen molar-refractivity contribution in [2.75, 3.05) is 0 Å². The zero-order chi connectivity index (χ0) is 11.7. The predicted octanol–water partition coefficient (Wildman–Crippen LogP) is 3.02. The van der Waals surface area contributed by atoms with Gasteiger partial charge in [-0.05, 0) is 11.5 Å². The largest absolute Gasteiger partial charge is 0.300 e. The van der Waals surface area contributed by atoms with Crippen molar-refractivity contribution in [3.63, 3.8) is 0 Å². The van der Waals surface area contributed by atoms with E-state index in [9.17, 15) is 0 Å². The monoisotopic (exact) mass is 411 g/mol. The molecule has 0 aliphatic heterocycles. The van der Waals surface area contributed by atoms with Gasteiger partial charge >= 0.3 is 0 Å². The molecule has 1 radical (unpaired) electrons. The maximum absolute atomic E-state index is 3.25. The molecule has 1 nitrogen and oxygen atoms in total. The molecule has 0 saturated carbocycles. The minimum Gasteiger partial charge on any atom is -0.300 e. The third-order valence-electron chi connectivity index (χ3n) is 2.83. The molecule has 2 heteroatoms. The van der Waals surface area contributed by atoms with Gasteiger partial charge in [0.25, 0.3) is 0 Å². The number of para-hydroxylation sites is 1. The molecule has 0 fully saturated rings. The van der Waals surface area contributed by atoms with Crippen LogP contribution in [0.1, 0.15) is 5.56 Å². The van der Waals surface area contributed by atoms with E-state index in [4.69, 9.17) is 0 Å². The summed E-state index contributed by atoms with van der Waals surface area (Å²) in [5.74, 6) is 0. The Bertz CT molecular complexity index is 671. The fourth-order valence-electron chi connectivity index (χ4n) is 2.00. The molecule has 3 aromatic rings. The molecule has 2 aromatic carbocycles. The number of hydrogen-bond donors (Lipinski definition) is 0. The van der Waals surface area contributed by atoms with E-state index in [2.05, 4.69) is 49.5 Å². The van der Waals surface area contributed by atoms with Crippen LogP contribution in [-0.2, 0) is 20.1 Å². The molecular weight excluding hydrogens is 398 g/mol.